The smallest absolute Gasteiger partial charge is 0.272 e. The summed E-state index contributed by atoms with van der Waals surface area (Å²) in [5, 5.41) is 9.94. The van der Waals surface area contributed by atoms with E-state index in [0.29, 0.717) is 0 Å². The minimum absolute atomic E-state index is 0.241. The number of hydrogen-bond acceptors (Lipinski definition) is 3. The van der Waals surface area contributed by atoms with Crippen LogP contribution in [-0.2, 0) is 4.79 Å². The van der Waals surface area contributed by atoms with E-state index < -0.39 is 17.4 Å². The molecule has 7 heteroatoms. The molecular weight excluding hydrogens is 354 g/mol. The summed E-state index contributed by atoms with van der Waals surface area (Å²) in [5.41, 5.74) is 0.635. The van der Waals surface area contributed by atoms with Crippen LogP contribution in [-0.4, -0.2) is 39.3 Å². The Kier molecular flexibility index (Phi) is 5.35. The number of rotatable bonds is 5. The van der Waals surface area contributed by atoms with Crippen molar-refractivity contribution in [2.75, 3.05) is 7.05 Å². The molecule has 1 atom stereocenters. The van der Waals surface area contributed by atoms with Gasteiger partial charge in [-0.1, -0.05) is 39.0 Å². The van der Waals surface area contributed by atoms with Crippen molar-refractivity contribution in [1.29, 1.82) is 0 Å². The normalized spacial score (nSPS) is 12.4. The average molecular weight is 379 g/mol. The van der Waals surface area contributed by atoms with Crippen molar-refractivity contribution in [2.24, 2.45) is 5.41 Å². The summed E-state index contributed by atoms with van der Waals surface area (Å²) in [5.74, 6) is 0.0918. The van der Waals surface area contributed by atoms with Gasteiger partial charge in [0.1, 0.15) is 11.9 Å². The number of nitrogens with one attached hydrogen (secondary N) is 2. The number of amides is 2. The van der Waals surface area contributed by atoms with Crippen LogP contribution in [0.25, 0.3) is 11.5 Å². The van der Waals surface area contributed by atoms with E-state index in [9.17, 15) is 9.59 Å². The average Bonchev–Trinajstić information content (AvgIpc) is 3.34. The molecule has 0 aliphatic carbocycles. The fourth-order valence-electron chi connectivity index (χ4n) is 2.94. The standard InChI is InChI=1S/C21H25N5O2/c1-21(2,3)18(20(28)22-4)23-19(27)16-14-17(25-12-8-9-13-25)26(24-16)15-10-6-5-7-11-15/h5-14,18H,1-4H3,(H,22,28)(H,23,27)/t18-/m1/s1. The van der Waals surface area contributed by atoms with E-state index in [2.05, 4.69) is 15.7 Å². The van der Waals surface area contributed by atoms with Crippen LogP contribution in [0, 0.1) is 5.41 Å². The summed E-state index contributed by atoms with van der Waals surface area (Å²) in [6, 6.07) is 14.4. The van der Waals surface area contributed by atoms with Gasteiger partial charge in [-0.2, -0.15) is 5.10 Å². The first kappa shape index (κ1) is 19.4. The van der Waals surface area contributed by atoms with Crippen molar-refractivity contribution in [1.82, 2.24) is 25.0 Å². The number of carbonyl (C=O) groups is 2. The van der Waals surface area contributed by atoms with E-state index in [0.717, 1.165) is 11.5 Å². The number of benzene rings is 1. The molecule has 0 radical (unpaired) electrons. The van der Waals surface area contributed by atoms with Crippen molar-refractivity contribution in [3.8, 4) is 11.5 Å². The lowest BCUT2D eigenvalue weighted by Crippen LogP contribution is -2.52. The zero-order valence-corrected chi connectivity index (χ0v) is 16.5. The van der Waals surface area contributed by atoms with Gasteiger partial charge in [0.25, 0.3) is 5.91 Å². The van der Waals surface area contributed by atoms with Crippen LogP contribution in [0.1, 0.15) is 31.3 Å². The Morgan fingerprint density at radius 1 is 1.04 bits per heavy atom. The third kappa shape index (κ3) is 3.98. The highest BCUT2D eigenvalue weighted by molar-refractivity contribution is 5.96. The highest BCUT2D eigenvalue weighted by Crippen LogP contribution is 2.21. The minimum atomic E-state index is -0.679. The summed E-state index contributed by atoms with van der Waals surface area (Å²) >= 11 is 0. The molecule has 0 aliphatic rings. The monoisotopic (exact) mass is 379 g/mol. The molecule has 2 N–H and O–H groups in total. The van der Waals surface area contributed by atoms with Crippen molar-refractivity contribution in [2.45, 2.75) is 26.8 Å². The third-order valence-electron chi connectivity index (χ3n) is 4.44. The summed E-state index contributed by atoms with van der Waals surface area (Å²) in [7, 11) is 1.56. The number of likely N-dealkylation sites (N-methyl/N-ethyl adjacent to an activating group) is 1. The van der Waals surface area contributed by atoms with Crippen LogP contribution < -0.4 is 10.6 Å². The highest BCUT2D eigenvalue weighted by Gasteiger charge is 2.33. The van der Waals surface area contributed by atoms with Gasteiger partial charge in [-0.15, -0.1) is 0 Å². The van der Waals surface area contributed by atoms with E-state index in [1.165, 1.54) is 0 Å². The Morgan fingerprint density at radius 3 is 2.25 bits per heavy atom. The summed E-state index contributed by atoms with van der Waals surface area (Å²) in [6.45, 7) is 5.71. The van der Waals surface area contributed by atoms with Gasteiger partial charge in [0, 0.05) is 25.5 Å². The van der Waals surface area contributed by atoms with Gasteiger partial charge in [0.05, 0.1) is 5.69 Å². The molecule has 0 saturated carbocycles. The van der Waals surface area contributed by atoms with Crippen molar-refractivity contribution >= 4 is 11.8 Å². The number of carbonyl (C=O) groups excluding carboxylic acids is 2. The summed E-state index contributed by atoms with van der Waals surface area (Å²) < 4.78 is 3.59. The lowest BCUT2D eigenvalue weighted by atomic mass is 9.86. The van der Waals surface area contributed by atoms with E-state index in [4.69, 9.17) is 0 Å². The number of para-hydroxylation sites is 1. The predicted molar refractivity (Wildman–Crippen MR) is 108 cm³/mol. The third-order valence-corrected chi connectivity index (χ3v) is 4.44. The molecule has 2 amide bonds. The Balaban J connectivity index is 1.98. The van der Waals surface area contributed by atoms with Crippen molar-refractivity contribution < 1.29 is 9.59 Å². The van der Waals surface area contributed by atoms with Gasteiger partial charge in [0.15, 0.2) is 5.69 Å². The number of hydrogen-bond donors (Lipinski definition) is 2. The fourth-order valence-corrected chi connectivity index (χ4v) is 2.94. The molecule has 0 fully saturated rings. The minimum Gasteiger partial charge on any atom is -0.357 e. The number of nitrogens with zero attached hydrogens (tertiary/aromatic N) is 3. The molecule has 28 heavy (non-hydrogen) atoms. The van der Waals surface area contributed by atoms with Crippen LogP contribution in [0.3, 0.4) is 0 Å². The van der Waals surface area contributed by atoms with Gasteiger partial charge in [-0.3, -0.25) is 9.59 Å². The second kappa shape index (κ2) is 7.72. The Hall–Kier alpha value is -3.35. The van der Waals surface area contributed by atoms with Crippen LogP contribution in [0.4, 0.5) is 0 Å². The SMILES string of the molecule is CNC(=O)[C@@H](NC(=O)c1cc(-n2cccc2)n(-c2ccccc2)n1)C(C)(C)C. The Morgan fingerprint density at radius 2 is 1.68 bits per heavy atom. The molecule has 3 rings (SSSR count). The maximum atomic E-state index is 12.9. The Labute approximate surface area is 164 Å². The van der Waals surface area contributed by atoms with Crippen LogP contribution in [0.5, 0.6) is 0 Å². The quantitative estimate of drug-likeness (QED) is 0.715. The highest BCUT2D eigenvalue weighted by atomic mass is 16.2. The molecule has 0 unspecified atom stereocenters. The van der Waals surface area contributed by atoms with Crippen LogP contribution in [0.2, 0.25) is 0 Å². The largest absolute Gasteiger partial charge is 0.357 e. The maximum Gasteiger partial charge on any atom is 0.272 e. The van der Waals surface area contributed by atoms with Crippen LogP contribution >= 0.6 is 0 Å². The second-order valence-corrected chi connectivity index (χ2v) is 7.61. The first-order valence-electron chi connectivity index (χ1n) is 9.12. The van der Waals surface area contributed by atoms with Crippen molar-refractivity contribution in [3.05, 3.63) is 66.6 Å². The van der Waals surface area contributed by atoms with Gasteiger partial charge in [0.2, 0.25) is 5.91 Å². The molecule has 7 nitrogen and oxygen atoms in total. The molecular formula is C21H25N5O2. The molecule has 0 bridgehead atoms. The zero-order valence-electron chi connectivity index (χ0n) is 16.5. The van der Waals surface area contributed by atoms with E-state index in [1.54, 1.807) is 17.8 Å². The topological polar surface area (TPSA) is 81.0 Å². The van der Waals surface area contributed by atoms with Crippen LogP contribution in [0.15, 0.2) is 60.9 Å². The first-order chi connectivity index (χ1) is 13.3. The lowest BCUT2D eigenvalue weighted by Gasteiger charge is -2.29. The lowest BCUT2D eigenvalue weighted by molar-refractivity contribution is -0.124. The molecule has 1 aromatic carbocycles. The molecule has 0 spiro atoms. The van der Waals surface area contributed by atoms with Gasteiger partial charge < -0.3 is 15.2 Å². The van der Waals surface area contributed by atoms with E-state index in [1.807, 2.05) is 80.2 Å². The number of aromatic nitrogens is 3. The Bertz CT molecular complexity index is 953. The fraction of sp³-hybridized carbons (Fsp3) is 0.286. The summed E-state index contributed by atoms with van der Waals surface area (Å²) in [6.07, 6.45) is 3.78. The molecule has 0 aliphatic heterocycles. The van der Waals surface area contributed by atoms with Gasteiger partial charge in [-0.25, -0.2) is 4.68 Å². The molecule has 2 aromatic heterocycles. The summed E-state index contributed by atoms with van der Waals surface area (Å²) in [4.78, 5) is 25.2. The van der Waals surface area contributed by atoms with Gasteiger partial charge >= 0.3 is 0 Å². The first-order valence-corrected chi connectivity index (χ1v) is 9.12. The molecule has 146 valence electrons. The zero-order chi connectivity index (χ0) is 20.3. The predicted octanol–water partition coefficient (Wildman–Crippen LogP) is 2.55. The molecule has 2 heterocycles. The second-order valence-electron chi connectivity index (χ2n) is 7.61. The molecule has 3 aromatic rings. The van der Waals surface area contributed by atoms with E-state index >= 15 is 0 Å². The van der Waals surface area contributed by atoms with Crippen molar-refractivity contribution in [3.63, 3.8) is 0 Å². The van der Waals surface area contributed by atoms with Gasteiger partial charge in [-0.05, 0) is 29.7 Å². The molecule has 0 saturated heterocycles. The van der Waals surface area contributed by atoms with E-state index in [-0.39, 0.29) is 11.6 Å². The maximum absolute atomic E-state index is 12.9.